The highest BCUT2D eigenvalue weighted by Gasteiger charge is 2.12. The quantitative estimate of drug-likeness (QED) is 0.0862. The first-order chi connectivity index (χ1) is 28.1. The number of anilines is 1. The number of hydrogen-bond acceptors (Lipinski definition) is 2. The molecule has 0 atom stereocenters. The number of carbonyl (C=O) groups excluding carboxylic acids is 1. The van der Waals surface area contributed by atoms with Gasteiger partial charge >= 0.3 is 0 Å². The van der Waals surface area contributed by atoms with E-state index in [1.54, 1.807) is 0 Å². The molecule has 9 rings (SSSR count). The van der Waals surface area contributed by atoms with Crippen LogP contribution in [0.1, 0.15) is 22.8 Å². The van der Waals surface area contributed by atoms with Crippen LogP contribution in [0.4, 0.5) is 5.69 Å². The third-order valence-corrected chi connectivity index (χ3v) is 11.1. The molecule has 9 aromatic rings. The van der Waals surface area contributed by atoms with Crippen molar-refractivity contribution < 1.29 is 4.79 Å². The van der Waals surface area contributed by atoms with E-state index < -0.39 is 0 Å². The predicted molar refractivity (Wildman–Crippen MR) is 244 cm³/mol. The molecule has 1 N–H and O–H groups in total. The second-order valence-corrected chi connectivity index (χ2v) is 14.5. The van der Waals surface area contributed by atoms with Gasteiger partial charge in [0.15, 0.2) is 5.78 Å². The Morgan fingerprint density at radius 2 is 0.860 bits per heavy atom. The number of ketones is 1. The number of carbonyl (C=O) groups is 1. The standard InChI is InChI=1S/C55H41NO/c1-3-37(4-2)39-22-24-43(25-23-39)55(57)36-56-48-29-26-42(27-30-48)47-33-45(38-12-6-5-7-13-38)32-46(34-47)41-20-18-40(19-21-41)44-28-31-53-51-16-9-8-14-49(51)50-15-10-11-17-52(50)54(53)35-44/h3-35,56H,1,36H2,2H3/b37-4+. The smallest absolute Gasteiger partial charge is 0.181 e. The first-order valence-corrected chi connectivity index (χ1v) is 19.5. The van der Waals surface area contributed by atoms with Gasteiger partial charge in [0.25, 0.3) is 0 Å². The monoisotopic (exact) mass is 731 g/mol. The van der Waals surface area contributed by atoms with Crippen LogP contribution in [0.3, 0.4) is 0 Å². The Bertz CT molecular complexity index is 2920. The van der Waals surface area contributed by atoms with Gasteiger partial charge in [-0.15, -0.1) is 0 Å². The Morgan fingerprint density at radius 3 is 1.39 bits per heavy atom. The van der Waals surface area contributed by atoms with Gasteiger partial charge in [-0.2, -0.15) is 0 Å². The van der Waals surface area contributed by atoms with Crippen molar-refractivity contribution in [2.24, 2.45) is 0 Å². The lowest BCUT2D eigenvalue weighted by Gasteiger charge is -2.14. The summed E-state index contributed by atoms with van der Waals surface area (Å²) in [5, 5.41) is 11.0. The molecule has 2 nitrogen and oxygen atoms in total. The topological polar surface area (TPSA) is 29.1 Å². The Balaban J connectivity index is 0.991. The summed E-state index contributed by atoms with van der Waals surface area (Å²) < 4.78 is 0. The van der Waals surface area contributed by atoms with Crippen LogP contribution in [0.25, 0.3) is 82.4 Å². The maximum atomic E-state index is 13.0. The van der Waals surface area contributed by atoms with Crippen LogP contribution >= 0.6 is 0 Å². The second kappa shape index (κ2) is 15.5. The fourth-order valence-electron chi connectivity index (χ4n) is 8.02. The average Bonchev–Trinajstić information content (AvgIpc) is 3.29. The Hall–Kier alpha value is -7.29. The van der Waals surface area contributed by atoms with Crippen LogP contribution in [0.5, 0.6) is 0 Å². The van der Waals surface area contributed by atoms with E-state index in [1.807, 2.05) is 55.5 Å². The fourth-order valence-corrected chi connectivity index (χ4v) is 8.02. The predicted octanol–water partition coefficient (Wildman–Crippen LogP) is 14.7. The highest BCUT2D eigenvalue weighted by molar-refractivity contribution is 6.25. The van der Waals surface area contributed by atoms with Gasteiger partial charge in [-0.1, -0.05) is 170 Å². The van der Waals surface area contributed by atoms with Gasteiger partial charge in [0.1, 0.15) is 0 Å². The van der Waals surface area contributed by atoms with Crippen LogP contribution in [0.15, 0.2) is 207 Å². The molecule has 0 fully saturated rings. The summed E-state index contributed by atoms with van der Waals surface area (Å²) in [7, 11) is 0. The van der Waals surface area contributed by atoms with Crippen molar-refractivity contribution in [2.45, 2.75) is 6.92 Å². The highest BCUT2D eigenvalue weighted by atomic mass is 16.1. The SMILES string of the molecule is C=C/C(=C\C)c1ccc(C(=O)CNc2ccc(-c3cc(-c4ccccc4)cc(-c4ccc(-c5ccc6c7ccccc7c7ccccc7c6c5)cc4)c3)cc2)cc1. The number of allylic oxidation sites excluding steroid dienone is 3. The minimum atomic E-state index is 0.0419. The van der Waals surface area contributed by atoms with Crippen LogP contribution in [0, 0.1) is 0 Å². The minimum absolute atomic E-state index is 0.0419. The molecule has 57 heavy (non-hydrogen) atoms. The number of benzene rings is 9. The van der Waals surface area contributed by atoms with Crippen LogP contribution in [-0.2, 0) is 0 Å². The molecular formula is C55H41NO. The average molecular weight is 732 g/mol. The van der Waals surface area contributed by atoms with E-state index in [2.05, 4.69) is 164 Å². The number of rotatable bonds is 10. The lowest BCUT2D eigenvalue weighted by molar-refractivity contribution is 0.101. The first kappa shape index (κ1) is 35.4. The molecule has 2 heteroatoms. The number of Topliss-reactive ketones (excluding diaryl/α,β-unsaturated/α-hetero) is 1. The van der Waals surface area contributed by atoms with Crippen LogP contribution in [-0.4, -0.2) is 12.3 Å². The molecule has 272 valence electrons. The van der Waals surface area contributed by atoms with Crippen molar-refractivity contribution >= 4 is 49.4 Å². The van der Waals surface area contributed by atoms with Crippen molar-refractivity contribution in [3.63, 3.8) is 0 Å². The third-order valence-electron chi connectivity index (χ3n) is 11.1. The summed E-state index contributed by atoms with van der Waals surface area (Å²) in [6.07, 6.45) is 3.84. The molecule has 0 saturated carbocycles. The lowest BCUT2D eigenvalue weighted by Crippen LogP contribution is -2.13. The van der Waals surface area contributed by atoms with Gasteiger partial charge in [-0.3, -0.25) is 4.79 Å². The van der Waals surface area contributed by atoms with Gasteiger partial charge in [-0.05, 0) is 131 Å². The molecule has 0 saturated heterocycles. The van der Waals surface area contributed by atoms with E-state index in [0.29, 0.717) is 5.56 Å². The number of nitrogens with one attached hydrogen (secondary N) is 1. The summed E-state index contributed by atoms with van der Waals surface area (Å²) in [5.74, 6) is 0.0419. The van der Waals surface area contributed by atoms with E-state index in [0.717, 1.165) is 44.6 Å². The van der Waals surface area contributed by atoms with Gasteiger partial charge in [0.2, 0.25) is 0 Å². The van der Waals surface area contributed by atoms with Crippen molar-refractivity contribution in [1.82, 2.24) is 0 Å². The van der Waals surface area contributed by atoms with E-state index in [-0.39, 0.29) is 12.3 Å². The zero-order valence-corrected chi connectivity index (χ0v) is 31.9. The van der Waals surface area contributed by atoms with E-state index in [4.69, 9.17) is 0 Å². The summed E-state index contributed by atoms with van der Waals surface area (Å²) in [6.45, 7) is 6.08. The molecule has 0 amide bonds. The molecule has 0 aromatic heterocycles. The summed E-state index contributed by atoms with van der Waals surface area (Å²) in [4.78, 5) is 13.0. The third kappa shape index (κ3) is 7.06. The number of hydrogen-bond donors (Lipinski definition) is 1. The van der Waals surface area contributed by atoms with Crippen molar-refractivity contribution in [2.75, 3.05) is 11.9 Å². The molecule has 0 radical (unpaired) electrons. The van der Waals surface area contributed by atoms with Gasteiger partial charge in [0.05, 0.1) is 6.54 Å². The molecule has 0 unspecified atom stereocenters. The number of fused-ring (bicyclic) bond motifs is 6. The molecule has 0 aliphatic heterocycles. The highest BCUT2D eigenvalue weighted by Crippen LogP contribution is 2.38. The van der Waals surface area contributed by atoms with Crippen molar-refractivity contribution in [3.8, 4) is 44.5 Å². The Kier molecular flexibility index (Phi) is 9.60. The molecular weight excluding hydrogens is 691 g/mol. The van der Waals surface area contributed by atoms with E-state index in [1.165, 1.54) is 49.0 Å². The minimum Gasteiger partial charge on any atom is -0.378 e. The van der Waals surface area contributed by atoms with Gasteiger partial charge in [0, 0.05) is 11.3 Å². The van der Waals surface area contributed by atoms with E-state index in [9.17, 15) is 4.79 Å². The van der Waals surface area contributed by atoms with Crippen molar-refractivity contribution in [3.05, 3.63) is 218 Å². The maximum absolute atomic E-state index is 13.0. The normalized spacial score (nSPS) is 11.6. The largest absolute Gasteiger partial charge is 0.378 e. The molecule has 9 aromatic carbocycles. The molecule has 0 spiro atoms. The van der Waals surface area contributed by atoms with E-state index >= 15 is 0 Å². The second-order valence-electron chi connectivity index (χ2n) is 14.5. The summed E-state index contributed by atoms with van der Waals surface area (Å²) in [5.41, 5.74) is 12.9. The fraction of sp³-hybridized carbons (Fsp3) is 0.0364. The Morgan fingerprint density at radius 1 is 0.439 bits per heavy atom. The van der Waals surface area contributed by atoms with Crippen LogP contribution < -0.4 is 5.32 Å². The summed E-state index contributed by atoms with van der Waals surface area (Å²) >= 11 is 0. The molecule has 0 aliphatic carbocycles. The maximum Gasteiger partial charge on any atom is 0.181 e. The molecule has 0 heterocycles. The zero-order chi connectivity index (χ0) is 38.7. The van der Waals surface area contributed by atoms with Gasteiger partial charge in [-0.25, -0.2) is 0 Å². The molecule has 0 bridgehead atoms. The summed E-state index contributed by atoms with van der Waals surface area (Å²) in [6, 6.07) is 66.7. The van der Waals surface area contributed by atoms with Crippen molar-refractivity contribution in [1.29, 1.82) is 0 Å². The van der Waals surface area contributed by atoms with Crippen LogP contribution in [0.2, 0.25) is 0 Å². The first-order valence-electron chi connectivity index (χ1n) is 19.5. The zero-order valence-electron chi connectivity index (χ0n) is 31.9. The lowest BCUT2D eigenvalue weighted by atomic mass is 9.91. The van der Waals surface area contributed by atoms with Gasteiger partial charge < -0.3 is 5.32 Å². The molecule has 0 aliphatic rings. The Labute approximate surface area is 334 Å².